The quantitative estimate of drug-likeness (QED) is 0.879. The lowest BCUT2D eigenvalue weighted by Gasteiger charge is -2.24. The van der Waals surface area contributed by atoms with Crippen molar-refractivity contribution >= 4 is 29.3 Å². The second-order valence-corrected chi connectivity index (χ2v) is 7.34. The fraction of sp³-hybridized carbons (Fsp3) is 0.263. The molecule has 0 bridgehead atoms. The van der Waals surface area contributed by atoms with Gasteiger partial charge in [0.15, 0.2) is 0 Å². The minimum atomic E-state index is -0.176. The molecule has 0 fully saturated rings. The third-order valence-electron chi connectivity index (χ3n) is 4.03. The van der Waals surface area contributed by atoms with Crippen molar-refractivity contribution in [2.24, 2.45) is 0 Å². The Kier molecular flexibility index (Phi) is 5.54. The summed E-state index contributed by atoms with van der Waals surface area (Å²) in [7, 11) is 0. The van der Waals surface area contributed by atoms with Gasteiger partial charge in [0.05, 0.1) is 23.4 Å². The van der Waals surface area contributed by atoms with Gasteiger partial charge in [0.25, 0.3) is 5.91 Å². The maximum Gasteiger partial charge on any atom is 0.254 e. The van der Waals surface area contributed by atoms with Crippen LogP contribution in [0.1, 0.15) is 29.3 Å². The van der Waals surface area contributed by atoms with E-state index in [1.165, 1.54) is 11.8 Å². The van der Waals surface area contributed by atoms with Crippen LogP contribution in [0.3, 0.4) is 0 Å². The largest absolute Gasteiger partial charge is 0.333 e. The number of nitrogens with zero attached hydrogens (tertiary/aromatic N) is 3. The highest BCUT2D eigenvalue weighted by molar-refractivity contribution is 8.00. The normalized spacial score (nSPS) is 15.5. The maximum absolute atomic E-state index is 13.0. The van der Waals surface area contributed by atoms with Crippen molar-refractivity contribution in [3.63, 3.8) is 0 Å². The number of pyridine rings is 1. The summed E-state index contributed by atoms with van der Waals surface area (Å²) >= 11 is 1.48. The first kappa shape index (κ1) is 18.0. The van der Waals surface area contributed by atoms with Crippen LogP contribution in [0, 0.1) is 11.3 Å². The Morgan fingerprint density at radius 3 is 3.00 bits per heavy atom. The number of thioether (sulfide) groups is 1. The van der Waals surface area contributed by atoms with Crippen LogP contribution in [-0.4, -0.2) is 33.5 Å². The Morgan fingerprint density at radius 1 is 1.42 bits per heavy atom. The van der Waals surface area contributed by atoms with Crippen LogP contribution in [0.4, 0.5) is 5.69 Å². The summed E-state index contributed by atoms with van der Waals surface area (Å²) in [5.74, 6) is -0.242. The molecule has 0 saturated heterocycles. The second-order valence-electron chi connectivity index (χ2n) is 5.96. The van der Waals surface area contributed by atoms with Gasteiger partial charge in [-0.1, -0.05) is 6.07 Å². The average molecular weight is 366 g/mol. The van der Waals surface area contributed by atoms with Gasteiger partial charge in [0.1, 0.15) is 0 Å². The molecule has 2 aromatic rings. The Hall–Kier alpha value is -2.85. The molecule has 2 amide bonds. The highest BCUT2D eigenvalue weighted by atomic mass is 32.2. The Morgan fingerprint density at radius 2 is 2.27 bits per heavy atom. The molecule has 1 aliphatic heterocycles. The van der Waals surface area contributed by atoms with E-state index in [1.54, 1.807) is 29.4 Å². The zero-order chi connectivity index (χ0) is 18.5. The molecule has 1 N–H and O–H groups in total. The number of rotatable bonds is 5. The summed E-state index contributed by atoms with van der Waals surface area (Å²) in [4.78, 5) is 31.5. The van der Waals surface area contributed by atoms with E-state index in [2.05, 4.69) is 16.4 Å². The third-order valence-corrected chi connectivity index (χ3v) is 5.21. The molecule has 2 heterocycles. The number of anilines is 1. The minimum Gasteiger partial charge on any atom is -0.333 e. The number of nitriles is 1. The average Bonchev–Trinajstić information content (AvgIpc) is 2.66. The summed E-state index contributed by atoms with van der Waals surface area (Å²) in [5.41, 5.74) is 2.04. The molecule has 3 rings (SSSR count). The molecule has 1 atom stereocenters. The van der Waals surface area contributed by atoms with E-state index in [9.17, 15) is 9.59 Å². The van der Waals surface area contributed by atoms with Crippen LogP contribution in [0.5, 0.6) is 0 Å². The standard InChI is InChI=1S/C19H18N4O2S/c1-13-18(24)22-16-10-15(5-6-17(16)26-13)19(25)23(9-3-7-20)12-14-4-2-8-21-11-14/h2,4-6,8,10-11,13H,3,9,12H2,1H3,(H,22,24). The summed E-state index contributed by atoms with van der Waals surface area (Å²) < 4.78 is 0. The van der Waals surface area contributed by atoms with E-state index >= 15 is 0 Å². The van der Waals surface area contributed by atoms with Crippen molar-refractivity contribution in [1.29, 1.82) is 5.26 Å². The highest BCUT2D eigenvalue weighted by Gasteiger charge is 2.25. The third kappa shape index (κ3) is 4.03. The van der Waals surface area contributed by atoms with E-state index in [-0.39, 0.29) is 23.5 Å². The van der Waals surface area contributed by atoms with Gasteiger partial charge >= 0.3 is 0 Å². The first-order chi connectivity index (χ1) is 12.6. The number of carbonyl (C=O) groups excluding carboxylic acids is 2. The monoisotopic (exact) mass is 366 g/mol. The summed E-state index contributed by atoms with van der Waals surface area (Å²) in [6, 6.07) is 11.1. The van der Waals surface area contributed by atoms with Gasteiger partial charge < -0.3 is 10.2 Å². The second kappa shape index (κ2) is 8.02. The smallest absolute Gasteiger partial charge is 0.254 e. The van der Waals surface area contributed by atoms with E-state index in [4.69, 9.17) is 5.26 Å². The van der Waals surface area contributed by atoms with Crippen molar-refractivity contribution in [2.75, 3.05) is 11.9 Å². The van der Waals surface area contributed by atoms with Gasteiger partial charge in [-0.3, -0.25) is 14.6 Å². The van der Waals surface area contributed by atoms with Crippen molar-refractivity contribution in [1.82, 2.24) is 9.88 Å². The first-order valence-electron chi connectivity index (χ1n) is 8.25. The summed E-state index contributed by atoms with van der Waals surface area (Å²) in [6.45, 7) is 2.56. The molecule has 1 aromatic heterocycles. The molecule has 0 saturated carbocycles. The van der Waals surface area contributed by atoms with Gasteiger partial charge in [-0.25, -0.2) is 0 Å². The summed E-state index contributed by atoms with van der Waals surface area (Å²) in [5, 5.41) is 11.6. The Labute approximate surface area is 156 Å². The molecular weight excluding hydrogens is 348 g/mol. The number of carbonyl (C=O) groups is 2. The minimum absolute atomic E-state index is 0.0659. The number of hydrogen-bond acceptors (Lipinski definition) is 5. The van der Waals surface area contributed by atoms with Crippen LogP contribution in [0.25, 0.3) is 0 Å². The maximum atomic E-state index is 13.0. The van der Waals surface area contributed by atoms with Crippen LogP contribution in [0.2, 0.25) is 0 Å². The fourth-order valence-corrected chi connectivity index (χ4v) is 3.60. The number of amides is 2. The zero-order valence-electron chi connectivity index (χ0n) is 14.3. The lowest BCUT2D eigenvalue weighted by molar-refractivity contribution is -0.115. The van der Waals surface area contributed by atoms with Crippen molar-refractivity contribution in [3.05, 3.63) is 53.9 Å². The number of hydrogen-bond donors (Lipinski definition) is 1. The van der Waals surface area contributed by atoms with Crippen molar-refractivity contribution in [2.45, 2.75) is 30.0 Å². The molecule has 0 aliphatic carbocycles. The molecule has 1 aromatic carbocycles. The molecule has 6 nitrogen and oxygen atoms in total. The number of aromatic nitrogens is 1. The Balaban J connectivity index is 1.83. The lowest BCUT2D eigenvalue weighted by Crippen LogP contribution is -2.32. The molecule has 132 valence electrons. The molecule has 0 spiro atoms. The van der Waals surface area contributed by atoms with E-state index in [0.717, 1.165) is 10.5 Å². The lowest BCUT2D eigenvalue weighted by atomic mass is 10.1. The van der Waals surface area contributed by atoms with E-state index in [0.29, 0.717) is 24.3 Å². The fourth-order valence-electron chi connectivity index (χ4n) is 2.67. The van der Waals surface area contributed by atoms with Gasteiger partial charge in [-0.05, 0) is 36.8 Å². The molecular formula is C19H18N4O2S. The molecule has 7 heteroatoms. The van der Waals surface area contributed by atoms with Crippen LogP contribution >= 0.6 is 11.8 Å². The highest BCUT2D eigenvalue weighted by Crippen LogP contribution is 2.36. The predicted octanol–water partition coefficient (Wildman–Crippen LogP) is 3.07. The number of nitrogens with one attached hydrogen (secondary N) is 1. The number of benzene rings is 1. The van der Waals surface area contributed by atoms with Gasteiger partial charge in [0, 0.05) is 35.9 Å². The molecule has 26 heavy (non-hydrogen) atoms. The van der Waals surface area contributed by atoms with Crippen molar-refractivity contribution in [3.8, 4) is 6.07 Å². The van der Waals surface area contributed by atoms with Gasteiger partial charge in [0.2, 0.25) is 5.91 Å². The molecule has 1 aliphatic rings. The van der Waals surface area contributed by atoms with Crippen molar-refractivity contribution < 1.29 is 9.59 Å². The van der Waals surface area contributed by atoms with Crippen LogP contribution < -0.4 is 5.32 Å². The zero-order valence-corrected chi connectivity index (χ0v) is 15.1. The van der Waals surface area contributed by atoms with Gasteiger partial charge in [-0.2, -0.15) is 5.26 Å². The van der Waals surface area contributed by atoms with Crippen LogP contribution in [0.15, 0.2) is 47.6 Å². The molecule has 1 unspecified atom stereocenters. The SMILES string of the molecule is CC1Sc2ccc(C(=O)N(CCC#N)Cc3cccnc3)cc2NC1=O. The van der Waals surface area contributed by atoms with Gasteiger partial charge in [-0.15, -0.1) is 11.8 Å². The predicted molar refractivity (Wildman–Crippen MR) is 99.6 cm³/mol. The molecule has 0 radical (unpaired) electrons. The van der Waals surface area contributed by atoms with E-state index < -0.39 is 0 Å². The first-order valence-corrected chi connectivity index (χ1v) is 9.13. The van der Waals surface area contributed by atoms with E-state index in [1.807, 2.05) is 25.1 Å². The summed E-state index contributed by atoms with van der Waals surface area (Å²) in [6.07, 6.45) is 3.63. The number of fused-ring (bicyclic) bond motifs is 1. The Bertz CT molecular complexity index is 864. The topological polar surface area (TPSA) is 86.1 Å². The van der Waals surface area contributed by atoms with Crippen LogP contribution in [-0.2, 0) is 11.3 Å².